The molecule has 0 unspecified atom stereocenters. The summed E-state index contributed by atoms with van der Waals surface area (Å²) >= 11 is 4.91. The quantitative estimate of drug-likeness (QED) is 0.567. The normalized spacial score (nSPS) is 11.0. The molecule has 1 aromatic carbocycles. The lowest BCUT2D eigenvalue weighted by Gasteiger charge is -2.06. The second-order valence-electron chi connectivity index (χ2n) is 5.20. The smallest absolute Gasteiger partial charge is 0.246 e. The fraction of sp³-hybridized carbons (Fsp3) is 0.0625. The number of benzene rings is 1. The van der Waals surface area contributed by atoms with Gasteiger partial charge in [0.2, 0.25) is 5.91 Å². The van der Waals surface area contributed by atoms with Crippen LogP contribution >= 0.6 is 27.3 Å². The molecule has 120 valence electrons. The molecule has 0 aliphatic carbocycles. The lowest BCUT2D eigenvalue weighted by atomic mass is 10.1. The highest BCUT2D eigenvalue weighted by Crippen LogP contribution is 2.23. The van der Waals surface area contributed by atoms with E-state index >= 15 is 0 Å². The Morgan fingerprint density at radius 3 is 2.79 bits per heavy atom. The van der Waals surface area contributed by atoms with Gasteiger partial charge in [0, 0.05) is 35.2 Å². The summed E-state index contributed by atoms with van der Waals surface area (Å²) in [5.74, 6) is -0.124. The number of fused-ring (bicyclic) bond motifs is 1. The van der Waals surface area contributed by atoms with Crippen LogP contribution in [-0.4, -0.2) is 25.1 Å². The number of carbonyl (C=O) groups is 1. The minimum Gasteiger partial charge on any atom is -0.324 e. The van der Waals surface area contributed by atoms with Crippen LogP contribution < -0.4 is 5.32 Å². The highest BCUT2D eigenvalue weighted by atomic mass is 79.9. The number of hydrogen-bond donors (Lipinski definition) is 1. The number of imidazole rings is 1. The molecule has 4 rings (SSSR count). The molecular weight excluding hydrogens is 390 g/mol. The molecule has 0 spiro atoms. The van der Waals surface area contributed by atoms with E-state index in [1.165, 1.54) is 0 Å². The van der Waals surface area contributed by atoms with Gasteiger partial charge in [-0.2, -0.15) is 5.10 Å². The zero-order valence-corrected chi connectivity index (χ0v) is 14.8. The molecule has 0 aliphatic rings. The van der Waals surface area contributed by atoms with Gasteiger partial charge in [0.1, 0.15) is 6.54 Å². The van der Waals surface area contributed by atoms with Crippen LogP contribution in [0.25, 0.3) is 16.2 Å². The van der Waals surface area contributed by atoms with Crippen LogP contribution in [-0.2, 0) is 11.3 Å². The maximum atomic E-state index is 12.0. The molecule has 3 heterocycles. The van der Waals surface area contributed by atoms with Crippen molar-refractivity contribution in [2.24, 2.45) is 0 Å². The summed E-state index contributed by atoms with van der Waals surface area (Å²) < 4.78 is 4.42. The Hall–Kier alpha value is -2.45. The minimum absolute atomic E-state index is 0.124. The van der Waals surface area contributed by atoms with Crippen LogP contribution in [0.1, 0.15) is 0 Å². The van der Waals surface area contributed by atoms with Gasteiger partial charge < -0.3 is 5.32 Å². The molecule has 1 N–H and O–H groups in total. The minimum atomic E-state index is -0.124. The first-order valence-corrected chi connectivity index (χ1v) is 8.85. The zero-order valence-electron chi connectivity index (χ0n) is 12.4. The fourth-order valence-corrected chi connectivity index (χ4v) is 3.39. The number of carbonyl (C=O) groups excluding carboxylic acids is 1. The van der Waals surface area contributed by atoms with Gasteiger partial charge in [0.15, 0.2) is 4.96 Å². The van der Waals surface area contributed by atoms with Gasteiger partial charge in [-0.25, -0.2) is 4.98 Å². The van der Waals surface area contributed by atoms with E-state index in [0.29, 0.717) is 0 Å². The zero-order chi connectivity index (χ0) is 16.5. The molecular formula is C16H12BrN5OS. The van der Waals surface area contributed by atoms with Gasteiger partial charge in [-0.15, -0.1) is 11.3 Å². The maximum Gasteiger partial charge on any atom is 0.246 e. The second kappa shape index (κ2) is 6.21. The number of nitrogens with one attached hydrogen (secondary N) is 1. The van der Waals surface area contributed by atoms with E-state index < -0.39 is 0 Å². The Kier molecular flexibility index (Phi) is 3.91. The summed E-state index contributed by atoms with van der Waals surface area (Å²) in [7, 11) is 0. The molecule has 6 nitrogen and oxygen atoms in total. The Morgan fingerprint density at radius 1 is 1.25 bits per heavy atom. The van der Waals surface area contributed by atoms with Gasteiger partial charge in [-0.1, -0.05) is 12.1 Å². The molecule has 0 fully saturated rings. The Balaban J connectivity index is 1.45. The standard InChI is InChI=1S/C16H12BrN5OS/c17-12-7-18-22(8-12)10-15(23)19-13-3-1-11(2-4-13)14-9-21-5-6-24-16(21)20-14/h1-9H,10H2,(H,19,23). The molecule has 0 bridgehead atoms. The van der Waals surface area contributed by atoms with Crippen molar-refractivity contribution in [3.05, 3.63) is 58.9 Å². The molecule has 0 aliphatic heterocycles. The molecule has 1 amide bonds. The number of nitrogens with zero attached hydrogens (tertiary/aromatic N) is 4. The second-order valence-corrected chi connectivity index (χ2v) is 6.99. The van der Waals surface area contributed by atoms with Crippen molar-refractivity contribution in [2.75, 3.05) is 5.32 Å². The van der Waals surface area contributed by atoms with E-state index in [2.05, 4.69) is 31.3 Å². The Morgan fingerprint density at radius 2 is 2.08 bits per heavy atom. The number of anilines is 1. The van der Waals surface area contributed by atoms with E-state index in [0.717, 1.165) is 26.4 Å². The van der Waals surface area contributed by atoms with E-state index in [1.807, 2.05) is 46.4 Å². The fourth-order valence-electron chi connectivity index (χ4n) is 2.36. The van der Waals surface area contributed by atoms with Gasteiger partial charge in [0.05, 0.1) is 16.4 Å². The molecule has 0 atom stereocenters. The third-order valence-corrected chi connectivity index (χ3v) is 4.65. The SMILES string of the molecule is O=C(Cn1cc(Br)cn1)Nc1ccc(-c2cn3ccsc3n2)cc1. The van der Waals surface area contributed by atoms with Crippen LogP contribution in [0.4, 0.5) is 5.69 Å². The molecule has 24 heavy (non-hydrogen) atoms. The third kappa shape index (κ3) is 3.10. The lowest BCUT2D eigenvalue weighted by molar-refractivity contribution is -0.116. The van der Waals surface area contributed by atoms with Crippen molar-refractivity contribution in [1.29, 1.82) is 0 Å². The summed E-state index contributed by atoms with van der Waals surface area (Å²) in [5.41, 5.74) is 2.68. The van der Waals surface area contributed by atoms with Crippen LogP contribution in [0, 0.1) is 0 Å². The molecule has 0 saturated heterocycles. The molecule has 0 radical (unpaired) electrons. The number of rotatable bonds is 4. The Labute approximate surface area is 149 Å². The largest absolute Gasteiger partial charge is 0.324 e. The first kappa shape index (κ1) is 15.1. The van der Waals surface area contributed by atoms with Crippen molar-refractivity contribution in [3.63, 3.8) is 0 Å². The van der Waals surface area contributed by atoms with Crippen molar-refractivity contribution < 1.29 is 4.79 Å². The molecule has 3 aromatic heterocycles. The van der Waals surface area contributed by atoms with Crippen molar-refractivity contribution in [3.8, 4) is 11.3 Å². The van der Waals surface area contributed by atoms with Crippen LogP contribution in [0.15, 0.2) is 58.9 Å². The van der Waals surface area contributed by atoms with Gasteiger partial charge >= 0.3 is 0 Å². The number of thiazole rings is 1. The predicted octanol–water partition coefficient (Wildman–Crippen LogP) is 3.66. The van der Waals surface area contributed by atoms with Crippen molar-refractivity contribution in [2.45, 2.75) is 6.54 Å². The van der Waals surface area contributed by atoms with Gasteiger partial charge in [-0.05, 0) is 28.1 Å². The first-order valence-electron chi connectivity index (χ1n) is 7.18. The Bertz CT molecular complexity index is 973. The third-order valence-electron chi connectivity index (χ3n) is 3.47. The molecule has 0 saturated carbocycles. The highest BCUT2D eigenvalue weighted by Gasteiger charge is 2.07. The topological polar surface area (TPSA) is 64.2 Å². The average Bonchev–Trinajstić information content (AvgIpc) is 3.24. The summed E-state index contributed by atoms with van der Waals surface area (Å²) in [6.45, 7) is 0.171. The monoisotopic (exact) mass is 401 g/mol. The van der Waals surface area contributed by atoms with Crippen LogP contribution in [0.2, 0.25) is 0 Å². The number of amides is 1. The maximum absolute atomic E-state index is 12.0. The van der Waals surface area contributed by atoms with Gasteiger partial charge in [-0.3, -0.25) is 13.9 Å². The predicted molar refractivity (Wildman–Crippen MR) is 97.1 cm³/mol. The van der Waals surface area contributed by atoms with E-state index in [1.54, 1.807) is 28.4 Å². The number of aromatic nitrogens is 4. The summed E-state index contributed by atoms with van der Waals surface area (Å²) in [5, 5.41) is 8.93. The van der Waals surface area contributed by atoms with E-state index in [9.17, 15) is 4.79 Å². The number of halogens is 1. The van der Waals surface area contributed by atoms with E-state index in [4.69, 9.17) is 0 Å². The molecule has 8 heteroatoms. The van der Waals surface area contributed by atoms with Crippen LogP contribution in [0.3, 0.4) is 0 Å². The van der Waals surface area contributed by atoms with Gasteiger partial charge in [0.25, 0.3) is 0 Å². The average molecular weight is 402 g/mol. The van der Waals surface area contributed by atoms with Crippen molar-refractivity contribution in [1.82, 2.24) is 19.2 Å². The molecule has 4 aromatic rings. The first-order chi connectivity index (χ1) is 11.7. The van der Waals surface area contributed by atoms with Crippen LogP contribution in [0.5, 0.6) is 0 Å². The summed E-state index contributed by atoms with van der Waals surface area (Å²) in [6.07, 6.45) is 7.39. The number of hydrogen-bond acceptors (Lipinski definition) is 4. The van der Waals surface area contributed by atoms with E-state index in [-0.39, 0.29) is 12.5 Å². The summed E-state index contributed by atoms with van der Waals surface area (Å²) in [4.78, 5) is 17.6. The van der Waals surface area contributed by atoms with Crippen molar-refractivity contribution >= 4 is 43.8 Å². The highest BCUT2D eigenvalue weighted by molar-refractivity contribution is 9.10. The summed E-state index contributed by atoms with van der Waals surface area (Å²) in [6, 6.07) is 7.65. The lowest BCUT2D eigenvalue weighted by Crippen LogP contribution is -2.18.